The minimum absolute atomic E-state index is 0.00240. The van der Waals surface area contributed by atoms with E-state index in [4.69, 9.17) is 11.6 Å². The maximum Gasteiger partial charge on any atom is 0.238 e. The molecule has 2 aromatic rings. The van der Waals surface area contributed by atoms with Crippen molar-refractivity contribution < 1.29 is 13.2 Å². The van der Waals surface area contributed by atoms with Crippen LogP contribution in [0.5, 0.6) is 0 Å². The third-order valence-corrected chi connectivity index (χ3v) is 6.36. The van der Waals surface area contributed by atoms with Gasteiger partial charge in [0.25, 0.3) is 0 Å². The van der Waals surface area contributed by atoms with Gasteiger partial charge in [-0.1, -0.05) is 70.5 Å². The van der Waals surface area contributed by atoms with Gasteiger partial charge in [-0.3, -0.25) is 4.79 Å². The summed E-state index contributed by atoms with van der Waals surface area (Å²) in [6.45, 7) is 10.8. The van der Waals surface area contributed by atoms with Crippen LogP contribution >= 0.6 is 11.6 Å². The van der Waals surface area contributed by atoms with E-state index < -0.39 is 9.84 Å². The van der Waals surface area contributed by atoms with Gasteiger partial charge < -0.3 is 10.6 Å². The van der Waals surface area contributed by atoms with Crippen LogP contribution in [0.3, 0.4) is 0 Å². The number of halogens is 1. The predicted octanol–water partition coefficient (Wildman–Crippen LogP) is 4.97. The molecule has 0 spiro atoms. The summed E-state index contributed by atoms with van der Waals surface area (Å²) in [5, 5.41) is 6.29. The summed E-state index contributed by atoms with van der Waals surface area (Å²) in [5.74, 6) is -0.0186. The molecule has 2 rings (SSSR count). The number of sulfone groups is 1. The smallest absolute Gasteiger partial charge is 0.238 e. The Balaban J connectivity index is 2.09. The third kappa shape index (κ3) is 6.56. The van der Waals surface area contributed by atoms with Crippen molar-refractivity contribution in [2.45, 2.75) is 51.0 Å². The average molecular weight is 451 g/mol. The van der Waals surface area contributed by atoms with Gasteiger partial charge in [0.15, 0.2) is 9.84 Å². The van der Waals surface area contributed by atoms with Crippen LogP contribution in [0.25, 0.3) is 0 Å². The second kappa shape index (κ2) is 9.50. The van der Waals surface area contributed by atoms with Crippen LogP contribution in [0.2, 0.25) is 5.02 Å². The number of nitrogens with one attached hydrogen (secondary N) is 2. The number of carbonyl (C=O) groups is 1. The molecule has 0 aliphatic carbocycles. The molecule has 0 saturated carbocycles. The van der Waals surface area contributed by atoms with E-state index in [-0.39, 0.29) is 45.4 Å². The van der Waals surface area contributed by atoms with Gasteiger partial charge in [0.1, 0.15) is 0 Å². The summed E-state index contributed by atoms with van der Waals surface area (Å²) in [5.41, 5.74) is 2.73. The molecule has 1 atom stereocenters. The van der Waals surface area contributed by atoms with Crippen molar-refractivity contribution in [2.24, 2.45) is 5.92 Å². The van der Waals surface area contributed by atoms with Crippen molar-refractivity contribution in [2.75, 3.05) is 18.1 Å². The van der Waals surface area contributed by atoms with Gasteiger partial charge in [-0.25, -0.2) is 8.42 Å². The molecule has 164 valence electrons. The minimum atomic E-state index is -3.39. The molecule has 30 heavy (non-hydrogen) atoms. The van der Waals surface area contributed by atoms with Crippen LogP contribution in [-0.2, 0) is 20.0 Å². The fourth-order valence-corrected chi connectivity index (χ4v) is 3.97. The van der Waals surface area contributed by atoms with E-state index in [0.29, 0.717) is 0 Å². The summed E-state index contributed by atoms with van der Waals surface area (Å²) in [4.78, 5) is 12.6. The second-order valence-electron chi connectivity index (χ2n) is 8.94. The van der Waals surface area contributed by atoms with E-state index in [1.165, 1.54) is 23.8 Å². The fraction of sp³-hybridized carbons (Fsp3) is 0.435. The number of carbonyl (C=O) groups excluding carboxylic acids is 1. The van der Waals surface area contributed by atoms with E-state index >= 15 is 0 Å². The lowest BCUT2D eigenvalue weighted by Crippen LogP contribution is -2.33. The molecule has 2 aromatic carbocycles. The van der Waals surface area contributed by atoms with Crippen LogP contribution in [0.4, 0.5) is 5.69 Å². The van der Waals surface area contributed by atoms with Crippen molar-refractivity contribution in [3.8, 4) is 0 Å². The number of benzene rings is 2. The van der Waals surface area contributed by atoms with E-state index in [1.54, 1.807) is 0 Å². The molecule has 0 heterocycles. The zero-order chi connectivity index (χ0) is 22.7. The van der Waals surface area contributed by atoms with Crippen LogP contribution in [0.15, 0.2) is 47.4 Å². The Hall–Kier alpha value is -1.89. The highest BCUT2D eigenvalue weighted by molar-refractivity contribution is 7.90. The molecule has 0 aliphatic heterocycles. The first-order valence-electron chi connectivity index (χ1n) is 9.92. The normalized spacial score (nSPS) is 13.3. The summed E-state index contributed by atoms with van der Waals surface area (Å²) < 4.78 is 23.5. The highest BCUT2D eigenvalue weighted by Crippen LogP contribution is 2.27. The zero-order valence-electron chi connectivity index (χ0n) is 18.4. The number of amides is 1. The summed E-state index contributed by atoms with van der Waals surface area (Å²) >= 11 is 6.12. The lowest BCUT2D eigenvalue weighted by Gasteiger charge is -2.25. The first-order chi connectivity index (χ1) is 13.8. The Kier molecular flexibility index (Phi) is 7.72. The molecule has 7 heteroatoms. The monoisotopic (exact) mass is 450 g/mol. The predicted molar refractivity (Wildman–Crippen MR) is 124 cm³/mol. The largest absolute Gasteiger partial charge is 0.324 e. The van der Waals surface area contributed by atoms with Gasteiger partial charge in [0, 0.05) is 12.3 Å². The third-order valence-electron chi connectivity index (χ3n) is 4.93. The van der Waals surface area contributed by atoms with Crippen LogP contribution in [-0.4, -0.2) is 27.1 Å². The summed E-state index contributed by atoms with van der Waals surface area (Å²) in [6, 6.07) is 12.7. The molecule has 0 fully saturated rings. The van der Waals surface area contributed by atoms with Gasteiger partial charge in [-0.05, 0) is 40.7 Å². The Labute approximate surface area is 185 Å². The van der Waals surface area contributed by atoms with Crippen LogP contribution in [0.1, 0.15) is 51.8 Å². The molecule has 0 aliphatic rings. The Morgan fingerprint density at radius 2 is 1.67 bits per heavy atom. The number of rotatable bonds is 7. The lowest BCUT2D eigenvalue weighted by molar-refractivity contribution is -0.115. The molecule has 5 nitrogen and oxygen atoms in total. The maximum atomic E-state index is 12.5. The lowest BCUT2D eigenvalue weighted by atomic mass is 9.85. The Bertz CT molecular complexity index is 994. The Morgan fingerprint density at radius 3 is 2.17 bits per heavy atom. The van der Waals surface area contributed by atoms with Crippen molar-refractivity contribution in [1.29, 1.82) is 0 Å². The number of hydrogen-bond donors (Lipinski definition) is 2. The molecular weight excluding hydrogens is 420 g/mol. The topological polar surface area (TPSA) is 75.3 Å². The summed E-state index contributed by atoms with van der Waals surface area (Å²) in [6.07, 6.45) is 1.11. The van der Waals surface area contributed by atoms with Gasteiger partial charge in [-0.2, -0.15) is 0 Å². The average Bonchev–Trinajstić information content (AvgIpc) is 2.62. The molecule has 0 bridgehead atoms. The van der Waals surface area contributed by atoms with E-state index in [0.717, 1.165) is 11.8 Å². The van der Waals surface area contributed by atoms with Crippen molar-refractivity contribution in [3.63, 3.8) is 0 Å². The maximum absolute atomic E-state index is 12.5. The van der Waals surface area contributed by atoms with Crippen molar-refractivity contribution >= 4 is 33.0 Å². The molecule has 0 radical (unpaired) electrons. The molecule has 1 unspecified atom stereocenters. The quantitative estimate of drug-likeness (QED) is 0.624. The molecule has 0 aromatic heterocycles. The molecule has 0 saturated heterocycles. The minimum Gasteiger partial charge on any atom is -0.324 e. The first-order valence-corrected chi connectivity index (χ1v) is 12.2. The molecular formula is C23H31ClN2O3S. The van der Waals surface area contributed by atoms with Crippen molar-refractivity contribution in [3.05, 3.63) is 58.6 Å². The first kappa shape index (κ1) is 24.4. The van der Waals surface area contributed by atoms with E-state index in [2.05, 4.69) is 69.5 Å². The fourth-order valence-electron chi connectivity index (χ4n) is 3.16. The highest BCUT2D eigenvalue weighted by Gasteiger charge is 2.19. The van der Waals surface area contributed by atoms with Gasteiger partial charge in [0.05, 0.1) is 22.2 Å². The second-order valence-corrected chi connectivity index (χ2v) is 11.4. The van der Waals surface area contributed by atoms with Gasteiger partial charge in [0.2, 0.25) is 5.91 Å². The standard InChI is InChI=1S/C23H31ClN2O3S/c1-15(2)22(16-7-9-17(10-8-16)23(3,4)5)25-14-21(27)26-20-13-18(30(6,28)29)11-12-19(20)24/h7-13,15,22,25H,14H2,1-6H3,(H,26,27). The van der Waals surface area contributed by atoms with Crippen LogP contribution in [0, 0.1) is 5.92 Å². The SMILES string of the molecule is CC(C)C(NCC(=O)Nc1cc(S(C)(=O)=O)ccc1Cl)c1ccc(C(C)(C)C)cc1. The number of anilines is 1. The molecule has 1 amide bonds. The van der Waals surface area contributed by atoms with E-state index in [9.17, 15) is 13.2 Å². The highest BCUT2D eigenvalue weighted by atomic mass is 35.5. The van der Waals surface area contributed by atoms with Gasteiger partial charge >= 0.3 is 0 Å². The van der Waals surface area contributed by atoms with Crippen LogP contribution < -0.4 is 10.6 Å². The Morgan fingerprint density at radius 1 is 1.07 bits per heavy atom. The summed E-state index contributed by atoms with van der Waals surface area (Å²) in [7, 11) is -3.39. The van der Waals surface area contributed by atoms with Gasteiger partial charge in [-0.15, -0.1) is 0 Å². The van der Waals surface area contributed by atoms with E-state index in [1.807, 2.05) is 0 Å². The number of hydrogen-bond acceptors (Lipinski definition) is 4. The van der Waals surface area contributed by atoms with Crippen molar-refractivity contribution in [1.82, 2.24) is 5.32 Å². The molecule has 2 N–H and O–H groups in total. The zero-order valence-corrected chi connectivity index (χ0v) is 20.0.